The molecule has 0 aliphatic rings. The molecule has 80 valence electrons. The normalized spacial score (nSPS) is 9.29. The molecule has 1 heteroatoms. The third kappa shape index (κ3) is 4.90. The molecule has 0 heterocycles. The first-order chi connectivity index (χ1) is 6.34. The van der Waals surface area contributed by atoms with Crippen LogP contribution < -0.4 is 0 Å². The van der Waals surface area contributed by atoms with E-state index in [1.54, 1.807) is 0 Å². The molecule has 0 rings (SSSR count). The second kappa shape index (κ2) is 5.69. The SMILES string of the molecule is C=C(C)N(C)CC(C=C(C)C)=C(C)C. The first kappa shape index (κ1) is 13.0. The van der Waals surface area contributed by atoms with E-state index in [2.05, 4.69) is 52.3 Å². The number of nitrogens with zero attached hydrogens (tertiary/aromatic N) is 1. The maximum Gasteiger partial charge on any atom is 0.0422 e. The summed E-state index contributed by atoms with van der Waals surface area (Å²) in [4.78, 5) is 2.17. The van der Waals surface area contributed by atoms with Gasteiger partial charge in [0.15, 0.2) is 0 Å². The molecular formula is C13H23N. The minimum Gasteiger partial charge on any atom is -0.374 e. The van der Waals surface area contributed by atoms with Gasteiger partial charge in [0.05, 0.1) is 0 Å². The van der Waals surface area contributed by atoms with Crippen LogP contribution in [-0.2, 0) is 0 Å². The molecule has 1 nitrogen and oxygen atoms in total. The lowest BCUT2D eigenvalue weighted by molar-refractivity contribution is 0.459. The van der Waals surface area contributed by atoms with Crippen molar-refractivity contribution in [2.45, 2.75) is 34.6 Å². The Morgan fingerprint density at radius 1 is 1.14 bits per heavy atom. The summed E-state index contributed by atoms with van der Waals surface area (Å²) in [7, 11) is 2.07. The molecule has 0 aliphatic heterocycles. The van der Waals surface area contributed by atoms with Crippen LogP contribution in [-0.4, -0.2) is 18.5 Å². The van der Waals surface area contributed by atoms with Crippen molar-refractivity contribution in [1.29, 1.82) is 0 Å². The van der Waals surface area contributed by atoms with Crippen molar-refractivity contribution in [1.82, 2.24) is 4.90 Å². The first-order valence-corrected chi connectivity index (χ1v) is 5.02. The number of hydrogen-bond acceptors (Lipinski definition) is 1. The molecule has 0 saturated heterocycles. The fourth-order valence-corrected chi connectivity index (χ4v) is 1.09. The van der Waals surface area contributed by atoms with Crippen molar-refractivity contribution in [2.75, 3.05) is 13.6 Å². The predicted molar refractivity (Wildman–Crippen MR) is 65.2 cm³/mol. The quantitative estimate of drug-likeness (QED) is 0.615. The van der Waals surface area contributed by atoms with Crippen LogP contribution in [0.4, 0.5) is 0 Å². The van der Waals surface area contributed by atoms with Gasteiger partial charge in [-0.2, -0.15) is 0 Å². The molecule has 0 atom stereocenters. The molecule has 0 aliphatic carbocycles. The summed E-state index contributed by atoms with van der Waals surface area (Å²) in [6.45, 7) is 15.5. The molecular weight excluding hydrogens is 170 g/mol. The smallest absolute Gasteiger partial charge is 0.0422 e. The van der Waals surface area contributed by atoms with E-state index in [1.807, 2.05) is 6.92 Å². The highest BCUT2D eigenvalue weighted by Crippen LogP contribution is 2.11. The number of hydrogen-bond donors (Lipinski definition) is 0. The van der Waals surface area contributed by atoms with Crippen molar-refractivity contribution >= 4 is 0 Å². The van der Waals surface area contributed by atoms with Crippen molar-refractivity contribution in [3.63, 3.8) is 0 Å². The number of rotatable bonds is 4. The molecule has 0 unspecified atom stereocenters. The second-order valence-electron chi connectivity index (χ2n) is 4.34. The monoisotopic (exact) mass is 193 g/mol. The highest BCUT2D eigenvalue weighted by molar-refractivity contribution is 5.28. The summed E-state index contributed by atoms with van der Waals surface area (Å²) < 4.78 is 0. The zero-order valence-electron chi connectivity index (χ0n) is 10.4. The van der Waals surface area contributed by atoms with Gasteiger partial charge in [0.25, 0.3) is 0 Å². The molecule has 0 aromatic rings. The summed E-state index contributed by atoms with van der Waals surface area (Å²) in [5.74, 6) is 0. The molecule has 0 fully saturated rings. The average molecular weight is 193 g/mol. The van der Waals surface area contributed by atoms with Crippen LogP contribution >= 0.6 is 0 Å². The van der Waals surface area contributed by atoms with Gasteiger partial charge >= 0.3 is 0 Å². The zero-order chi connectivity index (χ0) is 11.3. The van der Waals surface area contributed by atoms with E-state index in [9.17, 15) is 0 Å². The standard InChI is InChI=1S/C13H23N/c1-10(2)8-13(11(3)4)9-14(7)12(5)6/h8H,5,9H2,1-4,6-7H3. The highest BCUT2D eigenvalue weighted by Gasteiger charge is 2.01. The molecule has 0 N–H and O–H groups in total. The Balaban J connectivity index is 4.66. The van der Waals surface area contributed by atoms with E-state index >= 15 is 0 Å². The number of likely N-dealkylation sites (N-methyl/N-ethyl adjacent to an activating group) is 1. The molecule has 0 amide bonds. The van der Waals surface area contributed by atoms with Gasteiger partial charge in [0, 0.05) is 19.3 Å². The highest BCUT2D eigenvalue weighted by atomic mass is 15.1. The first-order valence-electron chi connectivity index (χ1n) is 5.02. The van der Waals surface area contributed by atoms with E-state index in [1.165, 1.54) is 16.7 Å². The molecule has 0 radical (unpaired) electrons. The van der Waals surface area contributed by atoms with Gasteiger partial charge in [0.1, 0.15) is 0 Å². The molecule has 0 aromatic carbocycles. The van der Waals surface area contributed by atoms with Crippen LogP contribution in [0, 0.1) is 0 Å². The van der Waals surface area contributed by atoms with E-state index in [-0.39, 0.29) is 0 Å². The summed E-state index contributed by atoms with van der Waals surface area (Å²) in [6, 6.07) is 0. The van der Waals surface area contributed by atoms with Crippen LogP contribution in [0.2, 0.25) is 0 Å². The molecule has 0 aromatic heterocycles. The molecule has 0 saturated carbocycles. The third-order valence-electron chi connectivity index (χ3n) is 2.16. The van der Waals surface area contributed by atoms with Gasteiger partial charge < -0.3 is 4.90 Å². The van der Waals surface area contributed by atoms with Crippen molar-refractivity contribution in [2.24, 2.45) is 0 Å². The van der Waals surface area contributed by atoms with E-state index in [0.29, 0.717) is 0 Å². The maximum atomic E-state index is 3.93. The van der Waals surface area contributed by atoms with Gasteiger partial charge in [0.2, 0.25) is 0 Å². The maximum absolute atomic E-state index is 3.93. The van der Waals surface area contributed by atoms with Gasteiger partial charge in [-0.05, 0) is 40.2 Å². The fraction of sp³-hybridized carbons (Fsp3) is 0.538. The lowest BCUT2D eigenvalue weighted by atomic mass is 10.1. The van der Waals surface area contributed by atoms with Gasteiger partial charge in [-0.25, -0.2) is 0 Å². The van der Waals surface area contributed by atoms with Crippen molar-refractivity contribution < 1.29 is 0 Å². The Kier molecular flexibility index (Phi) is 5.29. The van der Waals surface area contributed by atoms with Crippen LogP contribution in [0.15, 0.2) is 35.1 Å². The minimum atomic E-state index is 0.947. The predicted octanol–water partition coefficient (Wildman–Crippen LogP) is 3.75. The lowest BCUT2D eigenvalue weighted by Crippen LogP contribution is -2.18. The van der Waals surface area contributed by atoms with Gasteiger partial charge in [-0.3, -0.25) is 0 Å². The second-order valence-corrected chi connectivity index (χ2v) is 4.34. The number of allylic oxidation sites excluding steroid dienone is 3. The average Bonchev–Trinajstić information content (AvgIpc) is 2.01. The third-order valence-corrected chi connectivity index (χ3v) is 2.16. The van der Waals surface area contributed by atoms with Crippen molar-refractivity contribution in [3.8, 4) is 0 Å². The minimum absolute atomic E-state index is 0.947. The molecule has 14 heavy (non-hydrogen) atoms. The summed E-state index contributed by atoms with van der Waals surface area (Å²) >= 11 is 0. The van der Waals surface area contributed by atoms with Gasteiger partial charge in [-0.1, -0.05) is 23.8 Å². The van der Waals surface area contributed by atoms with Crippen molar-refractivity contribution in [3.05, 3.63) is 35.1 Å². The largest absolute Gasteiger partial charge is 0.374 e. The van der Waals surface area contributed by atoms with Gasteiger partial charge in [-0.15, -0.1) is 0 Å². The Morgan fingerprint density at radius 3 is 1.93 bits per heavy atom. The summed E-state index contributed by atoms with van der Waals surface area (Å²) in [5.41, 5.74) is 5.21. The van der Waals surface area contributed by atoms with Crippen LogP contribution in [0.1, 0.15) is 34.6 Å². The molecule has 0 bridgehead atoms. The summed E-state index contributed by atoms with van der Waals surface area (Å²) in [6.07, 6.45) is 2.24. The Bertz CT molecular complexity index is 261. The Hall–Kier alpha value is -0.980. The lowest BCUT2D eigenvalue weighted by Gasteiger charge is -2.20. The van der Waals surface area contributed by atoms with Crippen LogP contribution in [0.25, 0.3) is 0 Å². The van der Waals surface area contributed by atoms with Crippen LogP contribution in [0.5, 0.6) is 0 Å². The Labute approximate surface area is 88.8 Å². The fourth-order valence-electron chi connectivity index (χ4n) is 1.09. The van der Waals surface area contributed by atoms with E-state index < -0.39 is 0 Å². The molecule has 0 spiro atoms. The zero-order valence-corrected chi connectivity index (χ0v) is 10.4. The Morgan fingerprint density at radius 2 is 1.64 bits per heavy atom. The topological polar surface area (TPSA) is 3.24 Å². The van der Waals surface area contributed by atoms with Crippen LogP contribution in [0.3, 0.4) is 0 Å². The summed E-state index contributed by atoms with van der Waals surface area (Å²) in [5, 5.41) is 0. The van der Waals surface area contributed by atoms with E-state index in [0.717, 1.165) is 12.2 Å². The van der Waals surface area contributed by atoms with E-state index in [4.69, 9.17) is 0 Å².